The molecule has 3 aromatic rings. The van der Waals surface area contributed by atoms with Crippen molar-refractivity contribution in [1.82, 2.24) is 10.6 Å². The van der Waals surface area contributed by atoms with Crippen LogP contribution in [0.1, 0.15) is 11.1 Å². The van der Waals surface area contributed by atoms with Gasteiger partial charge in [0.05, 0.1) is 0 Å². The van der Waals surface area contributed by atoms with Crippen LogP contribution in [0.5, 0.6) is 11.5 Å². The minimum absolute atomic E-state index is 0.132. The summed E-state index contributed by atoms with van der Waals surface area (Å²) in [5.41, 5.74) is 2.40. The third-order valence-electron chi connectivity index (χ3n) is 4.55. The fraction of sp³-hybridized carbons (Fsp3) is 0.286. The third-order valence-corrected chi connectivity index (χ3v) is 5.56. The van der Waals surface area contributed by atoms with Crippen molar-refractivity contribution in [3.63, 3.8) is 0 Å². The molecule has 0 saturated carbocycles. The van der Waals surface area contributed by atoms with E-state index in [0.29, 0.717) is 26.3 Å². The van der Waals surface area contributed by atoms with Gasteiger partial charge in [0.25, 0.3) is 0 Å². The predicted octanol–water partition coefficient (Wildman–Crippen LogP) is 3.76. The third kappa shape index (κ3) is 4.34. The summed E-state index contributed by atoms with van der Waals surface area (Å²) in [7, 11) is 0. The summed E-state index contributed by atoms with van der Waals surface area (Å²) in [4.78, 5) is 12.0. The summed E-state index contributed by atoms with van der Waals surface area (Å²) in [5, 5.41) is 9.29. The molecule has 1 aliphatic rings. The van der Waals surface area contributed by atoms with Crippen molar-refractivity contribution in [2.45, 2.75) is 12.8 Å². The highest BCUT2D eigenvalue weighted by Crippen LogP contribution is 2.30. The van der Waals surface area contributed by atoms with E-state index in [4.69, 9.17) is 9.47 Å². The van der Waals surface area contributed by atoms with Gasteiger partial charge in [-0.3, -0.25) is 0 Å². The van der Waals surface area contributed by atoms with Crippen LogP contribution in [0.15, 0.2) is 47.8 Å². The van der Waals surface area contributed by atoms with E-state index in [-0.39, 0.29) is 6.03 Å². The molecule has 2 aromatic carbocycles. The Balaban J connectivity index is 1.20. The molecule has 0 unspecified atom stereocenters. The van der Waals surface area contributed by atoms with Crippen LogP contribution >= 0.6 is 11.3 Å². The van der Waals surface area contributed by atoms with E-state index in [0.717, 1.165) is 29.9 Å². The second kappa shape index (κ2) is 8.31. The van der Waals surface area contributed by atoms with Crippen molar-refractivity contribution < 1.29 is 14.3 Å². The van der Waals surface area contributed by atoms with Crippen molar-refractivity contribution >= 4 is 27.5 Å². The van der Waals surface area contributed by atoms with Crippen molar-refractivity contribution in [2.75, 3.05) is 26.3 Å². The Bertz CT molecular complexity index is 938. The molecule has 1 aromatic heterocycles. The maximum absolute atomic E-state index is 12.0. The summed E-state index contributed by atoms with van der Waals surface area (Å²) in [5.74, 6) is 1.57. The van der Waals surface area contributed by atoms with Gasteiger partial charge in [0.2, 0.25) is 0 Å². The average Bonchev–Trinajstić information content (AvgIpc) is 3.11. The number of hydrogen-bond donors (Lipinski definition) is 2. The molecule has 0 aliphatic carbocycles. The first-order valence-corrected chi connectivity index (χ1v) is 10.0. The van der Waals surface area contributed by atoms with E-state index < -0.39 is 0 Å². The quantitative estimate of drug-likeness (QED) is 0.682. The molecule has 6 heteroatoms. The first-order valence-electron chi connectivity index (χ1n) is 9.15. The molecular weight excluding hydrogens is 360 g/mol. The Kier molecular flexibility index (Phi) is 5.44. The monoisotopic (exact) mass is 382 g/mol. The van der Waals surface area contributed by atoms with E-state index in [1.807, 2.05) is 18.2 Å². The maximum atomic E-state index is 12.0. The van der Waals surface area contributed by atoms with Crippen molar-refractivity contribution in [1.29, 1.82) is 0 Å². The molecule has 27 heavy (non-hydrogen) atoms. The SMILES string of the molecule is O=C(NCCc1ccc2c(c1)OCCO2)NCCc1csc2ccccc12. The summed E-state index contributed by atoms with van der Waals surface area (Å²) in [6.07, 6.45) is 1.58. The Hall–Kier alpha value is -2.73. The van der Waals surface area contributed by atoms with E-state index >= 15 is 0 Å². The van der Waals surface area contributed by atoms with Crippen LogP contribution in [0.2, 0.25) is 0 Å². The standard InChI is InChI=1S/C21H22N2O3S/c24-21(23-10-8-16-14-27-20-4-2-1-3-17(16)20)22-9-7-15-5-6-18-19(13-15)26-12-11-25-18/h1-6,13-14H,7-12H2,(H2,22,23,24). The number of ether oxygens (including phenoxy) is 2. The summed E-state index contributed by atoms with van der Waals surface area (Å²) in [6.45, 7) is 2.37. The molecule has 140 valence electrons. The second-order valence-electron chi connectivity index (χ2n) is 6.42. The summed E-state index contributed by atoms with van der Waals surface area (Å²) in [6, 6.07) is 14.1. The molecule has 2 amide bonds. The van der Waals surface area contributed by atoms with Gasteiger partial charge in [0.1, 0.15) is 13.2 Å². The number of urea groups is 1. The maximum Gasteiger partial charge on any atom is 0.314 e. The molecule has 2 N–H and O–H groups in total. The second-order valence-corrected chi connectivity index (χ2v) is 7.33. The molecule has 4 rings (SSSR count). The average molecular weight is 382 g/mol. The van der Waals surface area contributed by atoms with Crippen molar-refractivity contribution in [3.8, 4) is 11.5 Å². The lowest BCUT2D eigenvalue weighted by atomic mass is 10.1. The van der Waals surface area contributed by atoms with Crippen LogP contribution in [0.4, 0.5) is 4.79 Å². The number of nitrogens with one attached hydrogen (secondary N) is 2. The molecule has 1 aliphatic heterocycles. The molecule has 5 nitrogen and oxygen atoms in total. The lowest BCUT2D eigenvalue weighted by Crippen LogP contribution is -2.37. The fourth-order valence-corrected chi connectivity index (χ4v) is 4.16. The zero-order chi connectivity index (χ0) is 18.5. The predicted molar refractivity (Wildman–Crippen MR) is 108 cm³/mol. The first-order chi connectivity index (χ1) is 13.3. The van der Waals surface area contributed by atoms with E-state index in [1.165, 1.54) is 15.6 Å². The number of rotatable bonds is 6. The number of fused-ring (bicyclic) bond motifs is 2. The van der Waals surface area contributed by atoms with Gasteiger partial charge >= 0.3 is 6.03 Å². The van der Waals surface area contributed by atoms with Gasteiger partial charge in [-0.2, -0.15) is 0 Å². The van der Waals surface area contributed by atoms with Crippen LogP contribution in [-0.2, 0) is 12.8 Å². The Morgan fingerprint density at radius 3 is 2.63 bits per heavy atom. The zero-order valence-electron chi connectivity index (χ0n) is 15.0. The highest BCUT2D eigenvalue weighted by atomic mass is 32.1. The Morgan fingerprint density at radius 1 is 0.963 bits per heavy atom. The first kappa shape index (κ1) is 17.7. The van der Waals surface area contributed by atoms with Crippen molar-refractivity contribution in [3.05, 3.63) is 59.0 Å². The number of hydrogen-bond acceptors (Lipinski definition) is 4. The van der Waals surface area contributed by atoms with E-state index in [1.54, 1.807) is 11.3 Å². The van der Waals surface area contributed by atoms with Gasteiger partial charge in [0.15, 0.2) is 11.5 Å². The van der Waals surface area contributed by atoms with Crippen LogP contribution in [-0.4, -0.2) is 32.3 Å². The molecule has 0 bridgehead atoms. The molecule has 0 atom stereocenters. The summed E-state index contributed by atoms with van der Waals surface area (Å²) >= 11 is 1.75. The Morgan fingerprint density at radius 2 is 1.74 bits per heavy atom. The molecule has 0 fully saturated rings. The normalized spacial score (nSPS) is 12.7. The van der Waals surface area contributed by atoms with E-state index in [9.17, 15) is 4.79 Å². The highest BCUT2D eigenvalue weighted by molar-refractivity contribution is 7.17. The minimum Gasteiger partial charge on any atom is -0.486 e. The van der Waals surface area contributed by atoms with Gasteiger partial charge in [-0.15, -0.1) is 11.3 Å². The van der Waals surface area contributed by atoms with Crippen LogP contribution in [0, 0.1) is 0 Å². The molecule has 0 spiro atoms. The number of thiophene rings is 1. The molecule has 0 saturated heterocycles. The van der Waals surface area contributed by atoms with Gasteiger partial charge in [-0.1, -0.05) is 24.3 Å². The fourth-order valence-electron chi connectivity index (χ4n) is 3.16. The van der Waals surface area contributed by atoms with Crippen LogP contribution < -0.4 is 20.1 Å². The molecular formula is C21H22N2O3S. The highest BCUT2D eigenvalue weighted by Gasteiger charge is 2.11. The number of carbonyl (C=O) groups excluding carboxylic acids is 1. The lowest BCUT2D eigenvalue weighted by Gasteiger charge is -2.18. The molecule has 0 radical (unpaired) electrons. The van der Waals surface area contributed by atoms with Crippen LogP contribution in [0.3, 0.4) is 0 Å². The van der Waals surface area contributed by atoms with Gasteiger partial charge < -0.3 is 20.1 Å². The topological polar surface area (TPSA) is 59.6 Å². The van der Waals surface area contributed by atoms with Gasteiger partial charge in [-0.05, 0) is 52.9 Å². The number of amides is 2. The van der Waals surface area contributed by atoms with Crippen LogP contribution in [0.25, 0.3) is 10.1 Å². The number of benzene rings is 2. The minimum atomic E-state index is -0.132. The van der Waals surface area contributed by atoms with Gasteiger partial charge in [-0.25, -0.2) is 4.79 Å². The van der Waals surface area contributed by atoms with Gasteiger partial charge in [0, 0.05) is 17.8 Å². The smallest absolute Gasteiger partial charge is 0.314 e. The largest absolute Gasteiger partial charge is 0.486 e. The summed E-state index contributed by atoms with van der Waals surface area (Å²) < 4.78 is 12.4. The Labute approximate surface area is 162 Å². The van der Waals surface area contributed by atoms with E-state index in [2.05, 4.69) is 40.3 Å². The van der Waals surface area contributed by atoms with Crippen molar-refractivity contribution in [2.24, 2.45) is 0 Å². The molecule has 2 heterocycles. The number of carbonyl (C=O) groups is 1. The zero-order valence-corrected chi connectivity index (χ0v) is 15.8. The lowest BCUT2D eigenvalue weighted by molar-refractivity contribution is 0.171.